The van der Waals surface area contributed by atoms with E-state index in [0.29, 0.717) is 13.2 Å². The van der Waals surface area contributed by atoms with Crippen molar-refractivity contribution in [2.24, 2.45) is 0 Å². The second kappa shape index (κ2) is 9.20. The van der Waals surface area contributed by atoms with Gasteiger partial charge in [-0.25, -0.2) is 0 Å². The highest BCUT2D eigenvalue weighted by Crippen LogP contribution is 2.27. The second-order valence-electron chi connectivity index (χ2n) is 6.85. The van der Waals surface area contributed by atoms with Crippen molar-refractivity contribution in [2.45, 2.75) is 19.6 Å². The maximum absolute atomic E-state index is 6.07. The van der Waals surface area contributed by atoms with Crippen molar-refractivity contribution in [1.29, 1.82) is 0 Å². The molecule has 148 valence electrons. The first-order valence-electron chi connectivity index (χ1n) is 9.85. The molecule has 29 heavy (non-hydrogen) atoms. The van der Waals surface area contributed by atoms with Gasteiger partial charge in [-0.3, -0.25) is 0 Å². The van der Waals surface area contributed by atoms with Gasteiger partial charge in [0.15, 0.2) is 0 Å². The van der Waals surface area contributed by atoms with Crippen LogP contribution < -0.4 is 14.2 Å². The minimum absolute atomic E-state index is 0.570. The molecule has 1 aromatic heterocycles. The molecule has 3 aromatic carbocycles. The number of nitrogens with zero attached hydrogens (tertiary/aromatic N) is 1. The summed E-state index contributed by atoms with van der Waals surface area (Å²) in [5, 5.41) is 1.14. The molecule has 0 spiro atoms. The Balaban J connectivity index is 1.34. The number of hydrogen-bond acceptors (Lipinski definition) is 3. The molecule has 0 saturated heterocycles. The lowest BCUT2D eigenvalue weighted by molar-refractivity contribution is 0.302. The van der Waals surface area contributed by atoms with E-state index >= 15 is 0 Å². The van der Waals surface area contributed by atoms with Gasteiger partial charge in [0.25, 0.3) is 0 Å². The largest absolute Gasteiger partial charge is 0.497 e. The van der Waals surface area contributed by atoms with Crippen molar-refractivity contribution in [3.05, 3.63) is 90.6 Å². The fourth-order valence-corrected chi connectivity index (χ4v) is 3.35. The second-order valence-corrected chi connectivity index (χ2v) is 6.85. The van der Waals surface area contributed by atoms with Gasteiger partial charge in [-0.1, -0.05) is 36.4 Å². The van der Waals surface area contributed by atoms with E-state index in [1.165, 1.54) is 11.1 Å². The molecule has 1 heterocycles. The smallest absolute Gasteiger partial charge is 0.129 e. The highest BCUT2D eigenvalue weighted by atomic mass is 16.5. The van der Waals surface area contributed by atoms with Crippen molar-refractivity contribution < 1.29 is 14.2 Å². The van der Waals surface area contributed by atoms with Gasteiger partial charge in [0.1, 0.15) is 23.9 Å². The number of hydrogen-bond donors (Lipinski definition) is 0. The minimum atomic E-state index is 0.570. The van der Waals surface area contributed by atoms with Crippen LogP contribution in [0.4, 0.5) is 0 Å². The van der Waals surface area contributed by atoms with Crippen LogP contribution >= 0.6 is 0 Å². The molecule has 4 nitrogen and oxygen atoms in total. The highest BCUT2D eigenvalue weighted by Gasteiger charge is 2.07. The van der Waals surface area contributed by atoms with Gasteiger partial charge in [-0.2, -0.15) is 0 Å². The van der Waals surface area contributed by atoms with Crippen LogP contribution in [0.3, 0.4) is 0 Å². The molecule has 0 amide bonds. The number of aryl methyl sites for hydroxylation is 1. The first-order chi connectivity index (χ1) is 14.3. The molecule has 0 fully saturated rings. The van der Waals surface area contributed by atoms with Gasteiger partial charge in [0.2, 0.25) is 0 Å². The molecular formula is C25H25NO3. The van der Waals surface area contributed by atoms with Crippen molar-refractivity contribution in [3.8, 4) is 17.2 Å². The molecule has 0 unspecified atom stereocenters. The maximum Gasteiger partial charge on any atom is 0.129 e. The van der Waals surface area contributed by atoms with E-state index in [9.17, 15) is 0 Å². The summed E-state index contributed by atoms with van der Waals surface area (Å²) in [4.78, 5) is 0. The monoisotopic (exact) mass is 387 g/mol. The Labute approximate surface area is 171 Å². The molecule has 4 aromatic rings. The van der Waals surface area contributed by atoms with Crippen LogP contribution in [0.1, 0.15) is 12.0 Å². The predicted octanol–water partition coefficient (Wildman–Crippen LogP) is 5.70. The van der Waals surface area contributed by atoms with E-state index in [2.05, 4.69) is 35.0 Å². The SMILES string of the molecule is COc1ccc(OCCCn2ccc3c(OCc4ccccc4)cccc32)cc1. The Morgan fingerprint density at radius 1 is 0.759 bits per heavy atom. The molecule has 0 saturated carbocycles. The Morgan fingerprint density at radius 3 is 2.34 bits per heavy atom. The third-order valence-corrected chi connectivity index (χ3v) is 4.88. The molecule has 0 N–H and O–H groups in total. The molecule has 0 aliphatic carbocycles. The lowest BCUT2D eigenvalue weighted by Gasteiger charge is -2.10. The summed E-state index contributed by atoms with van der Waals surface area (Å²) in [6.07, 6.45) is 3.04. The fraction of sp³-hybridized carbons (Fsp3) is 0.200. The Bertz CT molecular complexity index is 1040. The van der Waals surface area contributed by atoms with Gasteiger partial charge < -0.3 is 18.8 Å². The van der Waals surface area contributed by atoms with Crippen molar-refractivity contribution in [1.82, 2.24) is 4.57 Å². The van der Waals surface area contributed by atoms with Crippen LogP contribution in [0.2, 0.25) is 0 Å². The number of methoxy groups -OCH3 is 1. The van der Waals surface area contributed by atoms with Gasteiger partial charge in [-0.05, 0) is 54.4 Å². The first-order valence-corrected chi connectivity index (χ1v) is 9.85. The first kappa shape index (κ1) is 18.9. The van der Waals surface area contributed by atoms with E-state index in [4.69, 9.17) is 14.2 Å². The van der Waals surface area contributed by atoms with Crippen molar-refractivity contribution in [2.75, 3.05) is 13.7 Å². The van der Waals surface area contributed by atoms with E-state index in [1.807, 2.05) is 54.6 Å². The quantitative estimate of drug-likeness (QED) is 0.346. The predicted molar refractivity (Wildman–Crippen MR) is 116 cm³/mol. The van der Waals surface area contributed by atoms with E-state index in [0.717, 1.165) is 35.6 Å². The van der Waals surface area contributed by atoms with Crippen LogP contribution in [0.5, 0.6) is 17.2 Å². The summed E-state index contributed by atoms with van der Waals surface area (Å²) in [7, 11) is 1.66. The van der Waals surface area contributed by atoms with Crippen LogP contribution in [0.15, 0.2) is 85.1 Å². The average Bonchev–Trinajstić information content (AvgIpc) is 3.20. The van der Waals surface area contributed by atoms with Gasteiger partial charge in [0.05, 0.1) is 19.2 Å². The summed E-state index contributed by atoms with van der Waals surface area (Å²) in [5.41, 5.74) is 2.35. The molecule has 0 bridgehead atoms. The third-order valence-electron chi connectivity index (χ3n) is 4.88. The minimum Gasteiger partial charge on any atom is -0.497 e. The van der Waals surface area contributed by atoms with E-state index in [-0.39, 0.29) is 0 Å². The standard InChI is InChI=1S/C25H25NO3/c1-27-21-11-13-22(14-12-21)28-18-6-16-26-17-15-23-24(26)9-5-10-25(23)29-19-20-7-3-2-4-8-20/h2-5,7-15,17H,6,16,18-19H2,1H3. The molecule has 0 aliphatic heterocycles. The Kier molecular flexibility index (Phi) is 6.01. The fourth-order valence-electron chi connectivity index (χ4n) is 3.35. The number of fused-ring (bicyclic) bond motifs is 1. The normalized spacial score (nSPS) is 10.8. The molecular weight excluding hydrogens is 362 g/mol. The lowest BCUT2D eigenvalue weighted by atomic mass is 10.2. The zero-order valence-electron chi connectivity index (χ0n) is 16.6. The highest BCUT2D eigenvalue weighted by molar-refractivity contribution is 5.86. The van der Waals surface area contributed by atoms with Gasteiger partial charge in [0, 0.05) is 18.1 Å². The number of benzene rings is 3. The molecule has 0 radical (unpaired) electrons. The number of ether oxygens (including phenoxy) is 3. The van der Waals surface area contributed by atoms with Crippen molar-refractivity contribution in [3.63, 3.8) is 0 Å². The van der Waals surface area contributed by atoms with Crippen LogP contribution in [-0.2, 0) is 13.2 Å². The van der Waals surface area contributed by atoms with Gasteiger partial charge in [-0.15, -0.1) is 0 Å². The summed E-state index contributed by atoms with van der Waals surface area (Å²) in [6, 6.07) is 26.3. The molecule has 0 atom stereocenters. The third kappa shape index (κ3) is 4.72. The van der Waals surface area contributed by atoms with Gasteiger partial charge >= 0.3 is 0 Å². The zero-order valence-corrected chi connectivity index (χ0v) is 16.6. The Hall–Kier alpha value is -3.40. The van der Waals surface area contributed by atoms with Crippen LogP contribution in [-0.4, -0.2) is 18.3 Å². The summed E-state index contributed by atoms with van der Waals surface area (Å²) < 4.78 is 19.3. The van der Waals surface area contributed by atoms with Crippen LogP contribution in [0, 0.1) is 0 Å². The molecule has 0 aliphatic rings. The number of rotatable bonds is 9. The maximum atomic E-state index is 6.07. The van der Waals surface area contributed by atoms with Crippen LogP contribution in [0.25, 0.3) is 10.9 Å². The van der Waals surface area contributed by atoms with E-state index in [1.54, 1.807) is 7.11 Å². The van der Waals surface area contributed by atoms with E-state index < -0.39 is 0 Å². The summed E-state index contributed by atoms with van der Waals surface area (Å²) in [5.74, 6) is 2.61. The average molecular weight is 387 g/mol. The zero-order chi connectivity index (χ0) is 19.9. The molecule has 4 rings (SSSR count). The summed E-state index contributed by atoms with van der Waals surface area (Å²) in [6.45, 7) is 2.12. The number of aromatic nitrogens is 1. The summed E-state index contributed by atoms with van der Waals surface area (Å²) >= 11 is 0. The molecule has 4 heteroatoms. The Morgan fingerprint density at radius 2 is 1.55 bits per heavy atom. The van der Waals surface area contributed by atoms with Crippen molar-refractivity contribution >= 4 is 10.9 Å². The lowest BCUT2D eigenvalue weighted by Crippen LogP contribution is -2.03. The topological polar surface area (TPSA) is 32.6 Å².